The monoisotopic (exact) mass is 561 g/mol. The largest absolute Gasteiger partial charge is 0.503 e. The number of Topliss-reactive ketones (excluding diaryl/α,β-unsaturated/α-hetero) is 1. The number of benzene rings is 2. The van der Waals surface area contributed by atoms with Crippen LogP contribution in [0.5, 0.6) is 5.75 Å². The Kier molecular flexibility index (Phi) is 7.85. The number of ether oxygens (including phenoxy) is 1. The number of aryl methyl sites for hydroxylation is 2. The van der Waals surface area contributed by atoms with Crippen molar-refractivity contribution in [3.63, 3.8) is 0 Å². The van der Waals surface area contributed by atoms with Gasteiger partial charge in [-0.2, -0.15) is 0 Å². The highest BCUT2D eigenvalue weighted by molar-refractivity contribution is 8.00. The van der Waals surface area contributed by atoms with Crippen LogP contribution >= 0.6 is 23.1 Å². The van der Waals surface area contributed by atoms with E-state index in [9.17, 15) is 14.7 Å². The lowest BCUT2D eigenvalue weighted by Crippen LogP contribution is -2.31. The van der Waals surface area contributed by atoms with Crippen LogP contribution in [0.2, 0.25) is 0 Å². The molecule has 200 valence electrons. The summed E-state index contributed by atoms with van der Waals surface area (Å²) in [5.41, 5.74) is 2.84. The minimum atomic E-state index is -0.941. The number of amides is 1. The summed E-state index contributed by atoms with van der Waals surface area (Å²) in [6, 6.07) is 17.7. The molecule has 3 heterocycles. The van der Waals surface area contributed by atoms with Crippen LogP contribution in [0.3, 0.4) is 0 Å². The van der Waals surface area contributed by atoms with E-state index in [0.29, 0.717) is 33.8 Å². The van der Waals surface area contributed by atoms with Crippen molar-refractivity contribution < 1.29 is 23.8 Å². The van der Waals surface area contributed by atoms with Crippen LogP contribution in [0, 0.1) is 13.8 Å². The minimum Gasteiger partial charge on any atom is -0.503 e. The second-order valence-electron chi connectivity index (χ2n) is 9.13. The molecule has 2 aromatic heterocycles. The molecule has 39 heavy (non-hydrogen) atoms. The number of carbonyl (C=O) groups is 2. The van der Waals surface area contributed by atoms with Crippen molar-refractivity contribution in [2.45, 2.75) is 43.3 Å². The number of rotatable bonds is 10. The number of aliphatic hydroxyl groups excluding tert-OH is 1. The first kappa shape index (κ1) is 26.7. The van der Waals surface area contributed by atoms with Gasteiger partial charge in [0.1, 0.15) is 11.5 Å². The smallest absolute Gasteiger partial charge is 0.296 e. The maximum absolute atomic E-state index is 13.6. The fraction of sp³-hybridized carbons (Fsp3) is 0.241. The average Bonchev–Trinajstić information content (AvgIpc) is 3.65. The van der Waals surface area contributed by atoms with E-state index in [0.717, 1.165) is 12.0 Å². The molecule has 5 rings (SSSR count). The highest BCUT2D eigenvalue weighted by Crippen LogP contribution is 2.44. The fourth-order valence-electron chi connectivity index (χ4n) is 4.22. The van der Waals surface area contributed by atoms with Gasteiger partial charge < -0.3 is 14.3 Å². The Hall–Kier alpha value is -3.89. The van der Waals surface area contributed by atoms with Gasteiger partial charge in [-0.25, -0.2) is 0 Å². The van der Waals surface area contributed by atoms with Crippen LogP contribution < -0.4 is 9.64 Å². The van der Waals surface area contributed by atoms with Gasteiger partial charge in [0.05, 0.1) is 18.2 Å². The molecular weight excluding hydrogens is 534 g/mol. The molecule has 0 radical (unpaired) electrons. The summed E-state index contributed by atoms with van der Waals surface area (Å²) in [5.74, 6) is -0.0566. The molecule has 4 aromatic rings. The number of anilines is 1. The Labute approximate surface area is 234 Å². The SMILES string of the molecule is CCCOc1cccc(C2C(C(=O)c3ccc(C)o3)=C(O)C(=O)N2c2nnc(SCc3ccc(C)cc3)s2)c1. The second-order valence-corrected chi connectivity index (χ2v) is 11.3. The lowest BCUT2D eigenvalue weighted by molar-refractivity contribution is -0.117. The van der Waals surface area contributed by atoms with Crippen LogP contribution in [0.1, 0.15) is 52.4 Å². The van der Waals surface area contributed by atoms with Gasteiger partial charge in [0.15, 0.2) is 15.9 Å². The Morgan fingerprint density at radius 2 is 1.92 bits per heavy atom. The second kappa shape index (κ2) is 11.5. The summed E-state index contributed by atoms with van der Waals surface area (Å²) in [5, 5.41) is 19.8. The molecule has 8 nitrogen and oxygen atoms in total. The molecule has 0 saturated heterocycles. The first-order valence-electron chi connectivity index (χ1n) is 12.5. The maximum Gasteiger partial charge on any atom is 0.296 e. The molecule has 10 heteroatoms. The molecule has 0 aliphatic carbocycles. The van der Waals surface area contributed by atoms with Crippen molar-refractivity contribution in [3.8, 4) is 5.75 Å². The molecule has 0 bridgehead atoms. The Bertz CT molecular complexity index is 1540. The van der Waals surface area contributed by atoms with Gasteiger partial charge in [0.25, 0.3) is 5.91 Å². The first-order valence-corrected chi connectivity index (χ1v) is 14.3. The number of thioether (sulfide) groups is 1. The van der Waals surface area contributed by atoms with E-state index >= 15 is 0 Å². The number of aromatic nitrogens is 2. The van der Waals surface area contributed by atoms with E-state index < -0.39 is 23.5 Å². The van der Waals surface area contributed by atoms with E-state index in [4.69, 9.17) is 9.15 Å². The van der Waals surface area contributed by atoms with Gasteiger partial charge in [-0.15, -0.1) is 10.2 Å². The normalized spacial score (nSPS) is 15.3. The van der Waals surface area contributed by atoms with Crippen molar-refractivity contribution in [1.29, 1.82) is 0 Å². The van der Waals surface area contributed by atoms with Gasteiger partial charge in [-0.1, -0.05) is 72.0 Å². The Morgan fingerprint density at radius 1 is 1.13 bits per heavy atom. The summed E-state index contributed by atoms with van der Waals surface area (Å²) in [6.07, 6.45) is 0.828. The van der Waals surface area contributed by atoms with Gasteiger partial charge in [-0.3, -0.25) is 14.5 Å². The van der Waals surface area contributed by atoms with Gasteiger partial charge >= 0.3 is 0 Å². The third-order valence-corrected chi connectivity index (χ3v) is 8.28. The van der Waals surface area contributed by atoms with E-state index in [1.165, 1.54) is 39.6 Å². The van der Waals surface area contributed by atoms with E-state index in [1.807, 2.05) is 19.9 Å². The lowest BCUT2D eigenvalue weighted by atomic mass is 9.95. The van der Waals surface area contributed by atoms with Crippen LogP contribution in [0.15, 0.2) is 80.8 Å². The van der Waals surface area contributed by atoms with E-state index in [2.05, 4.69) is 34.5 Å². The zero-order valence-corrected chi connectivity index (χ0v) is 23.3. The molecule has 1 amide bonds. The number of ketones is 1. The van der Waals surface area contributed by atoms with Crippen molar-refractivity contribution in [1.82, 2.24) is 10.2 Å². The van der Waals surface area contributed by atoms with Crippen molar-refractivity contribution in [2.75, 3.05) is 11.5 Å². The molecule has 1 aliphatic heterocycles. The summed E-state index contributed by atoms with van der Waals surface area (Å²) in [7, 11) is 0. The van der Waals surface area contributed by atoms with Crippen molar-refractivity contribution in [3.05, 3.63) is 100 Å². The molecule has 1 atom stereocenters. The maximum atomic E-state index is 13.6. The number of carbonyl (C=O) groups excluding carboxylic acids is 2. The lowest BCUT2D eigenvalue weighted by Gasteiger charge is -2.24. The number of furan rings is 1. The molecule has 1 N–H and O–H groups in total. The predicted molar refractivity (Wildman–Crippen MR) is 151 cm³/mol. The highest BCUT2D eigenvalue weighted by atomic mass is 32.2. The average molecular weight is 562 g/mol. The Morgan fingerprint density at radius 3 is 2.64 bits per heavy atom. The summed E-state index contributed by atoms with van der Waals surface area (Å²) < 4.78 is 12.0. The van der Waals surface area contributed by atoms with Crippen LogP contribution in [-0.4, -0.2) is 33.6 Å². The molecule has 1 unspecified atom stereocenters. The van der Waals surface area contributed by atoms with E-state index in [1.54, 1.807) is 31.2 Å². The first-order chi connectivity index (χ1) is 18.9. The van der Waals surface area contributed by atoms with Crippen molar-refractivity contribution in [2.24, 2.45) is 0 Å². The fourth-order valence-corrected chi connectivity index (χ4v) is 6.04. The third-order valence-electron chi connectivity index (χ3n) is 6.15. The molecular formula is C29H27N3O5S2. The summed E-state index contributed by atoms with van der Waals surface area (Å²) in [6.45, 7) is 6.29. The third kappa shape index (κ3) is 5.62. The van der Waals surface area contributed by atoms with E-state index in [-0.39, 0.29) is 16.5 Å². The number of hydrogen-bond donors (Lipinski definition) is 1. The van der Waals surface area contributed by atoms with Crippen LogP contribution in [-0.2, 0) is 10.5 Å². The van der Waals surface area contributed by atoms with Crippen LogP contribution in [0.4, 0.5) is 5.13 Å². The Balaban J connectivity index is 1.50. The standard InChI is InChI=1S/C29H27N3O5S2/c1-4-14-36-21-7-5-6-20(15-21)24-23(25(33)22-13-10-18(3)37-22)26(34)27(35)32(24)28-30-31-29(39-28)38-16-19-11-8-17(2)9-12-19/h5-13,15,24,34H,4,14,16H2,1-3H3. The zero-order valence-electron chi connectivity index (χ0n) is 21.7. The number of nitrogens with zero attached hydrogens (tertiary/aromatic N) is 3. The highest BCUT2D eigenvalue weighted by Gasteiger charge is 2.46. The van der Waals surface area contributed by atoms with Gasteiger partial charge in [-0.05, 0) is 55.7 Å². The summed E-state index contributed by atoms with van der Waals surface area (Å²) in [4.78, 5) is 28.3. The van der Waals surface area contributed by atoms with Gasteiger partial charge in [0, 0.05) is 5.75 Å². The molecule has 1 aliphatic rings. The summed E-state index contributed by atoms with van der Waals surface area (Å²) >= 11 is 2.74. The molecule has 2 aromatic carbocycles. The number of aliphatic hydroxyl groups is 1. The quantitative estimate of drug-likeness (QED) is 0.131. The topological polar surface area (TPSA) is 106 Å². The molecule has 0 fully saturated rings. The number of hydrogen-bond acceptors (Lipinski definition) is 9. The van der Waals surface area contributed by atoms with Crippen molar-refractivity contribution >= 4 is 39.9 Å². The predicted octanol–water partition coefficient (Wildman–Crippen LogP) is 6.61. The zero-order chi connectivity index (χ0) is 27.5. The van der Waals surface area contributed by atoms with Gasteiger partial charge in [0.2, 0.25) is 10.9 Å². The minimum absolute atomic E-state index is 0.0405. The van der Waals surface area contributed by atoms with Crippen LogP contribution in [0.25, 0.3) is 0 Å². The molecule has 0 saturated carbocycles. The molecule has 0 spiro atoms.